The van der Waals surface area contributed by atoms with Gasteiger partial charge in [0.1, 0.15) is 12.4 Å². The SMILES string of the molecule is CCc1c(C)c(Cl)c(C(OC)OC)c(Br)c1OCc1ccccc1. The van der Waals surface area contributed by atoms with Gasteiger partial charge in [0.25, 0.3) is 0 Å². The summed E-state index contributed by atoms with van der Waals surface area (Å²) in [4.78, 5) is 0. The maximum Gasteiger partial charge on any atom is 0.185 e. The Morgan fingerprint density at radius 1 is 1.12 bits per heavy atom. The fraction of sp³-hybridized carbons (Fsp3) is 0.368. The molecule has 0 bridgehead atoms. The van der Waals surface area contributed by atoms with Gasteiger partial charge in [0.2, 0.25) is 0 Å². The quantitative estimate of drug-likeness (QED) is 0.533. The van der Waals surface area contributed by atoms with Gasteiger partial charge in [-0.15, -0.1) is 0 Å². The minimum atomic E-state index is -0.560. The molecule has 0 atom stereocenters. The molecule has 0 saturated heterocycles. The van der Waals surface area contributed by atoms with Crippen LogP contribution < -0.4 is 4.74 Å². The summed E-state index contributed by atoms with van der Waals surface area (Å²) in [6, 6.07) is 10.1. The molecule has 130 valence electrons. The summed E-state index contributed by atoms with van der Waals surface area (Å²) >= 11 is 10.2. The van der Waals surface area contributed by atoms with Gasteiger partial charge < -0.3 is 14.2 Å². The van der Waals surface area contributed by atoms with Crippen LogP contribution in [0.15, 0.2) is 34.8 Å². The molecule has 2 aromatic rings. The van der Waals surface area contributed by atoms with Gasteiger partial charge in [-0.1, -0.05) is 48.9 Å². The number of hydrogen-bond acceptors (Lipinski definition) is 3. The third-order valence-corrected chi connectivity index (χ3v) is 5.25. The topological polar surface area (TPSA) is 27.7 Å². The van der Waals surface area contributed by atoms with Crippen molar-refractivity contribution in [3.05, 3.63) is 62.1 Å². The molecular weight excluding hydrogens is 392 g/mol. The van der Waals surface area contributed by atoms with Crippen LogP contribution in [0.25, 0.3) is 0 Å². The zero-order valence-electron chi connectivity index (χ0n) is 14.4. The molecular formula is C19H22BrClO3. The Bertz CT molecular complexity index is 685. The Morgan fingerprint density at radius 3 is 2.29 bits per heavy atom. The van der Waals surface area contributed by atoms with Crippen molar-refractivity contribution in [1.29, 1.82) is 0 Å². The summed E-state index contributed by atoms with van der Waals surface area (Å²) in [7, 11) is 3.18. The zero-order valence-corrected chi connectivity index (χ0v) is 16.7. The molecule has 0 aliphatic rings. The minimum Gasteiger partial charge on any atom is -0.487 e. The fourth-order valence-corrected chi connectivity index (χ4v) is 3.85. The summed E-state index contributed by atoms with van der Waals surface area (Å²) in [5.74, 6) is 0.789. The van der Waals surface area contributed by atoms with Crippen molar-refractivity contribution < 1.29 is 14.2 Å². The second kappa shape index (κ2) is 8.86. The Hall–Kier alpha value is -1.07. The molecule has 2 aromatic carbocycles. The minimum absolute atomic E-state index is 0.484. The van der Waals surface area contributed by atoms with Crippen molar-refractivity contribution in [2.75, 3.05) is 14.2 Å². The first-order valence-corrected chi connectivity index (χ1v) is 8.94. The molecule has 0 spiro atoms. The lowest BCUT2D eigenvalue weighted by Crippen LogP contribution is -2.10. The van der Waals surface area contributed by atoms with E-state index in [9.17, 15) is 0 Å². The van der Waals surface area contributed by atoms with Crippen molar-refractivity contribution >= 4 is 27.5 Å². The highest BCUT2D eigenvalue weighted by atomic mass is 79.9. The van der Waals surface area contributed by atoms with E-state index in [0.717, 1.165) is 38.9 Å². The van der Waals surface area contributed by atoms with Crippen LogP contribution in [0.1, 0.15) is 35.5 Å². The van der Waals surface area contributed by atoms with E-state index in [2.05, 4.69) is 22.9 Å². The highest BCUT2D eigenvalue weighted by Crippen LogP contribution is 2.44. The normalized spacial score (nSPS) is 11.1. The second-order valence-corrected chi connectivity index (χ2v) is 6.58. The summed E-state index contributed by atoms with van der Waals surface area (Å²) < 4.78 is 17.7. The van der Waals surface area contributed by atoms with Crippen LogP contribution in [0.2, 0.25) is 5.02 Å². The molecule has 0 amide bonds. The van der Waals surface area contributed by atoms with Crippen LogP contribution >= 0.6 is 27.5 Å². The van der Waals surface area contributed by atoms with E-state index in [1.54, 1.807) is 14.2 Å². The number of hydrogen-bond donors (Lipinski definition) is 0. The first-order valence-electron chi connectivity index (χ1n) is 7.77. The number of benzene rings is 2. The maximum atomic E-state index is 6.58. The summed E-state index contributed by atoms with van der Waals surface area (Å²) in [6.07, 6.45) is 0.259. The predicted octanol–water partition coefficient (Wildman–Crippen LogP) is 5.84. The lowest BCUT2D eigenvalue weighted by Gasteiger charge is -2.23. The van der Waals surface area contributed by atoms with E-state index in [1.807, 2.05) is 37.3 Å². The van der Waals surface area contributed by atoms with Crippen LogP contribution in [0.3, 0.4) is 0 Å². The molecule has 2 rings (SSSR count). The van der Waals surface area contributed by atoms with Crippen LogP contribution in [-0.4, -0.2) is 14.2 Å². The van der Waals surface area contributed by atoms with Crippen molar-refractivity contribution in [2.45, 2.75) is 33.2 Å². The third kappa shape index (κ3) is 3.94. The smallest absolute Gasteiger partial charge is 0.185 e. The summed E-state index contributed by atoms with van der Waals surface area (Å²) in [5, 5.41) is 0.638. The number of ether oxygens (including phenoxy) is 3. The average molecular weight is 414 g/mol. The van der Waals surface area contributed by atoms with Crippen molar-refractivity contribution in [2.24, 2.45) is 0 Å². The Kier molecular flexibility index (Phi) is 7.11. The zero-order chi connectivity index (χ0) is 17.7. The van der Waals surface area contributed by atoms with Gasteiger partial charge in [0, 0.05) is 19.8 Å². The van der Waals surface area contributed by atoms with Crippen LogP contribution in [0, 0.1) is 6.92 Å². The first-order chi connectivity index (χ1) is 11.5. The molecule has 0 aliphatic heterocycles. The summed E-state index contributed by atoms with van der Waals surface area (Å²) in [6.45, 7) is 4.57. The third-order valence-electron chi connectivity index (χ3n) is 3.97. The highest BCUT2D eigenvalue weighted by molar-refractivity contribution is 9.10. The average Bonchev–Trinajstić information content (AvgIpc) is 2.61. The number of halogens is 2. The molecule has 0 N–H and O–H groups in total. The number of rotatable bonds is 7. The first kappa shape index (κ1) is 19.3. The molecule has 0 unspecified atom stereocenters. The fourth-order valence-electron chi connectivity index (χ4n) is 2.70. The van der Waals surface area contributed by atoms with E-state index >= 15 is 0 Å². The molecule has 0 radical (unpaired) electrons. The molecule has 5 heteroatoms. The molecule has 0 aliphatic carbocycles. The largest absolute Gasteiger partial charge is 0.487 e. The van der Waals surface area contributed by atoms with E-state index in [1.165, 1.54) is 0 Å². The predicted molar refractivity (Wildman–Crippen MR) is 101 cm³/mol. The van der Waals surface area contributed by atoms with Crippen LogP contribution in [0.5, 0.6) is 5.75 Å². The Morgan fingerprint density at radius 2 is 1.75 bits per heavy atom. The second-order valence-electron chi connectivity index (χ2n) is 5.41. The van der Waals surface area contributed by atoms with Crippen molar-refractivity contribution in [3.8, 4) is 5.75 Å². The van der Waals surface area contributed by atoms with Gasteiger partial charge in [-0.05, 0) is 46.0 Å². The molecule has 3 nitrogen and oxygen atoms in total. The van der Waals surface area contributed by atoms with Gasteiger partial charge in [-0.2, -0.15) is 0 Å². The van der Waals surface area contributed by atoms with E-state index in [-0.39, 0.29) is 0 Å². The Balaban J connectivity index is 2.48. The van der Waals surface area contributed by atoms with E-state index in [0.29, 0.717) is 11.6 Å². The lowest BCUT2D eigenvalue weighted by molar-refractivity contribution is -0.106. The Labute approximate surface area is 157 Å². The van der Waals surface area contributed by atoms with Gasteiger partial charge >= 0.3 is 0 Å². The van der Waals surface area contributed by atoms with Crippen LogP contribution in [-0.2, 0) is 22.5 Å². The highest BCUT2D eigenvalue weighted by Gasteiger charge is 2.25. The summed E-state index contributed by atoms with van der Waals surface area (Å²) in [5.41, 5.74) is 3.92. The standard InChI is InChI=1S/C19H22BrClO3/c1-5-14-12(2)17(21)15(19(22-3)23-4)16(20)18(14)24-11-13-9-7-6-8-10-13/h6-10,19H,5,11H2,1-4H3. The maximum absolute atomic E-state index is 6.58. The van der Waals surface area contributed by atoms with Gasteiger partial charge in [-0.3, -0.25) is 0 Å². The van der Waals surface area contributed by atoms with Gasteiger partial charge in [0.15, 0.2) is 6.29 Å². The van der Waals surface area contributed by atoms with Crippen molar-refractivity contribution in [1.82, 2.24) is 0 Å². The molecule has 0 aromatic heterocycles. The van der Waals surface area contributed by atoms with E-state index in [4.69, 9.17) is 25.8 Å². The van der Waals surface area contributed by atoms with Gasteiger partial charge in [0.05, 0.1) is 9.50 Å². The molecule has 24 heavy (non-hydrogen) atoms. The van der Waals surface area contributed by atoms with Crippen molar-refractivity contribution in [3.63, 3.8) is 0 Å². The number of methoxy groups -OCH3 is 2. The molecule has 0 fully saturated rings. The van der Waals surface area contributed by atoms with E-state index < -0.39 is 6.29 Å². The van der Waals surface area contributed by atoms with Gasteiger partial charge in [-0.25, -0.2) is 0 Å². The molecule has 0 saturated carbocycles. The van der Waals surface area contributed by atoms with Crippen LogP contribution in [0.4, 0.5) is 0 Å². The lowest BCUT2D eigenvalue weighted by atomic mass is 10.0. The monoisotopic (exact) mass is 412 g/mol. The molecule has 0 heterocycles.